The first-order valence-electron chi connectivity index (χ1n) is 9.97. The van der Waals surface area contributed by atoms with Gasteiger partial charge in [-0.15, -0.1) is 0 Å². The van der Waals surface area contributed by atoms with Crippen LogP contribution in [0.15, 0.2) is 48.5 Å². The van der Waals surface area contributed by atoms with Gasteiger partial charge in [0.05, 0.1) is 6.54 Å². The van der Waals surface area contributed by atoms with Crippen molar-refractivity contribution in [3.05, 3.63) is 59.7 Å². The average molecular weight is 366 g/mol. The summed E-state index contributed by atoms with van der Waals surface area (Å²) in [6.45, 7) is 6.65. The van der Waals surface area contributed by atoms with Crippen LogP contribution in [-0.4, -0.2) is 43.5 Å². The van der Waals surface area contributed by atoms with Crippen LogP contribution in [0.1, 0.15) is 30.9 Å². The molecule has 0 radical (unpaired) electrons. The van der Waals surface area contributed by atoms with Crippen molar-refractivity contribution in [1.29, 1.82) is 0 Å². The standard InChI is InChI=1S/C23H31N3O/c1-4-19-11-8-10-18(2)23(19)24-22(27)17-25(3)21-14-9-15-26(16-21)20-12-6-5-7-13-20/h5-8,10-13,21H,4,9,14-17H2,1-3H3,(H,24,27)/t21-/m1/s1. The Bertz CT molecular complexity index is 759. The molecule has 1 fully saturated rings. The highest BCUT2D eigenvalue weighted by Crippen LogP contribution is 2.23. The molecule has 4 heteroatoms. The minimum atomic E-state index is 0.0679. The number of nitrogens with zero attached hydrogens (tertiary/aromatic N) is 2. The molecule has 0 bridgehead atoms. The van der Waals surface area contributed by atoms with Gasteiger partial charge in [-0.05, 0) is 56.5 Å². The van der Waals surface area contributed by atoms with Crippen LogP contribution in [0.2, 0.25) is 0 Å². The Morgan fingerprint density at radius 3 is 2.70 bits per heavy atom. The topological polar surface area (TPSA) is 35.6 Å². The van der Waals surface area contributed by atoms with E-state index < -0.39 is 0 Å². The Labute approximate surface area is 163 Å². The van der Waals surface area contributed by atoms with Crippen LogP contribution in [0.25, 0.3) is 0 Å². The van der Waals surface area contributed by atoms with Crippen molar-refractivity contribution < 1.29 is 4.79 Å². The van der Waals surface area contributed by atoms with E-state index in [9.17, 15) is 4.79 Å². The molecule has 0 aromatic heterocycles. The molecular formula is C23H31N3O. The average Bonchev–Trinajstić information content (AvgIpc) is 2.70. The van der Waals surface area contributed by atoms with Crippen molar-refractivity contribution in [2.24, 2.45) is 0 Å². The molecular weight excluding hydrogens is 334 g/mol. The summed E-state index contributed by atoms with van der Waals surface area (Å²) in [6.07, 6.45) is 3.21. The number of aryl methyl sites for hydroxylation is 2. The van der Waals surface area contributed by atoms with Gasteiger partial charge in [0.1, 0.15) is 0 Å². The first-order valence-corrected chi connectivity index (χ1v) is 9.97. The van der Waals surface area contributed by atoms with Crippen molar-refractivity contribution in [2.45, 2.75) is 39.2 Å². The Balaban J connectivity index is 1.60. The fraction of sp³-hybridized carbons (Fsp3) is 0.435. The fourth-order valence-corrected chi connectivity index (χ4v) is 3.92. The highest BCUT2D eigenvalue weighted by atomic mass is 16.2. The minimum Gasteiger partial charge on any atom is -0.370 e. The largest absolute Gasteiger partial charge is 0.370 e. The number of amides is 1. The van der Waals surface area contributed by atoms with Gasteiger partial charge in [-0.2, -0.15) is 0 Å². The van der Waals surface area contributed by atoms with E-state index in [0.29, 0.717) is 12.6 Å². The number of hydrogen-bond acceptors (Lipinski definition) is 3. The lowest BCUT2D eigenvalue weighted by atomic mass is 10.0. The van der Waals surface area contributed by atoms with Crippen molar-refractivity contribution in [2.75, 3.05) is 36.9 Å². The SMILES string of the molecule is CCc1cccc(C)c1NC(=O)CN(C)[C@@H]1CCCN(c2ccccc2)C1. The highest BCUT2D eigenvalue weighted by molar-refractivity contribution is 5.93. The van der Waals surface area contributed by atoms with Gasteiger partial charge in [0, 0.05) is 30.5 Å². The molecule has 0 spiro atoms. The van der Waals surface area contributed by atoms with E-state index >= 15 is 0 Å². The number of para-hydroxylation sites is 2. The molecule has 0 saturated carbocycles. The van der Waals surface area contributed by atoms with Crippen LogP contribution in [-0.2, 0) is 11.2 Å². The lowest BCUT2D eigenvalue weighted by molar-refractivity contribution is -0.117. The molecule has 1 heterocycles. The van der Waals surface area contributed by atoms with Gasteiger partial charge in [0.15, 0.2) is 0 Å². The molecule has 1 N–H and O–H groups in total. The van der Waals surface area contributed by atoms with E-state index in [1.54, 1.807) is 0 Å². The monoisotopic (exact) mass is 365 g/mol. The number of carbonyl (C=O) groups excluding carboxylic acids is 1. The summed E-state index contributed by atoms with van der Waals surface area (Å²) in [6, 6.07) is 17.1. The predicted molar refractivity (Wildman–Crippen MR) is 113 cm³/mol. The maximum Gasteiger partial charge on any atom is 0.238 e. The van der Waals surface area contributed by atoms with Gasteiger partial charge in [-0.3, -0.25) is 9.69 Å². The smallest absolute Gasteiger partial charge is 0.238 e. The third-order valence-electron chi connectivity index (χ3n) is 5.54. The quantitative estimate of drug-likeness (QED) is 0.837. The summed E-state index contributed by atoms with van der Waals surface area (Å²) in [4.78, 5) is 17.3. The summed E-state index contributed by atoms with van der Waals surface area (Å²) < 4.78 is 0. The van der Waals surface area contributed by atoms with E-state index in [1.165, 1.54) is 11.3 Å². The Morgan fingerprint density at radius 2 is 1.96 bits per heavy atom. The molecule has 4 nitrogen and oxygen atoms in total. The number of anilines is 2. The van der Waals surface area contributed by atoms with Gasteiger partial charge in [-0.25, -0.2) is 0 Å². The maximum atomic E-state index is 12.7. The Kier molecular flexibility index (Phi) is 6.51. The van der Waals surface area contributed by atoms with Gasteiger partial charge in [-0.1, -0.05) is 43.3 Å². The van der Waals surface area contributed by atoms with E-state index in [4.69, 9.17) is 0 Å². The van der Waals surface area contributed by atoms with Gasteiger partial charge < -0.3 is 10.2 Å². The molecule has 1 aliphatic rings. The molecule has 1 amide bonds. The van der Waals surface area contributed by atoms with Gasteiger partial charge in [0.2, 0.25) is 5.91 Å². The number of piperidine rings is 1. The molecule has 0 aliphatic carbocycles. The molecule has 1 atom stereocenters. The first kappa shape index (κ1) is 19.4. The zero-order valence-electron chi connectivity index (χ0n) is 16.7. The van der Waals surface area contributed by atoms with Crippen LogP contribution < -0.4 is 10.2 Å². The highest BCUT2D eigenvalue weighted by Gasteiger charge is 2.24. The number of likely N-dealkylation sites (N-methyl/N-ethyl adjacent to an activating group) is 1. The van der Waals surface area contributed by atoms with E-state index in [1.807, 2.05) is 0 Å². The lowest BCUT2D eigenvalue weighted by Gasteiger charge is -2.38. The molecule has 0 unspecified atom stereocenters. The molecule has 2 aromatic rings. The predicted octanol–water partition coefficient (Wildman–Crippen LogP) is 4.10. The van der Waals surface area contributed by atoms with Crippen molar-refractivity contribution in [3.8, 4) is 0 Å². The zero-order chi connectivity index (χ0) is 19.2. The van der Waals surface area contributed by atoms with E-state index in [2.05, 4.69) is 84.5 Å². The van der Waals surface area contributed by atoms with Crippen molar-refractivity contribution >= 4 is 17.3 Å². The third-order valence-corrected chi connectivity index (χ3v) is 5.54. The third kappa shape index (κ3) is 4.89. The Morgan fingerprint density at radius 1 is 1.19 bits per heavy atom. The summed E-state index contributed by atoms with van der Waals surface area (Å²) in [7, 11) is 2.07. The lowest BCUT2D eigenvalue weighted by Crippen LogP contribution is -2.48. The second kappa shape index (κ2) is 9.05. The van der Waals surface area contributed by atoms with Gasteiger partial charge >= 0.3 is 0 Å². The summed E-state index contributed by atoms with van der Waals surface area (Å²) in [5.74, 6) is 0.0679. The maximum absolute atomic E-state index is 12.7. The molecule has 2 aromatic carbocycles. The van der Waals surface area contributed by atoms with Crippen LogP contribution in [0.5, 0.6) is 0 Å². The van der Waals surface area contributed by atoms with Crippen molar-refractivity contribution in [3.63, 3.8) is 0 Å². The minimum absolute atomic E-state index is 0.0679. The normalized spacial score (nSPS) is 17.2. The van der Waals surface area contributed by atoms with Crippen LogP contribution in [0.3, 0.4) is 0 Å². The number of hydrogen-bond donors (Lipinski definition) is 1. The zero-order valence-corrected chi connectivity index (χ0v) is 16.7. The number of carbonyl (C=O) groups is 1. The first-order chi connectivity index (χ1) is 13.1. The summed E-state index contributed by atoms with van der Waals surface area (Å²) in [5.41, 5.74) is 4.57. The van der Waals surface area contributed by atoms with Crippen molar-refractivity contribution in [1.82, 2.24) is 4.90 Å². The molecule has 3 rings (SSSR count). The molecule has 1 aliphatic heterocycles. The van der Waals surface area contributed by atoms with Gasteiger partial charge in [0.25, 0.3) is 0 Å². The fourth-order valence-electron chi connectivity index (χ4n) is 3.92. The van der Waals surface area contributed by atoms with Crippen LogP contribution >= 0.6 is 0 Å². The molecule has 27 heavy (non-hydrogen) atoms. The van der Waals surface area contributed by atoms with Crippen LogP contribution in [0, 0.1) is 6.92 Å². The van der Waals surface area contributed by atoms with E-state index in [0.717, 1.165) is 43.6 Å². The van der Waals surface area contributed by atoms with E-state index in [-0.39, 0.29) is 5.91 Å². The summed E-state index contributed by atoms with van der Waals surface area (Å²) >= 11 is 0. The molecule has 144 valence electrons. The molecule has 1 saturated heterocycles. The Hall–Kier alpha value is -2.33. The van der Waals surface area contributed by atoms with Crippen LogP contribution in [0.4, 0.5) is 11.4 Å². The number of benzene rings is 2. The second-order valence-corrected chi connectivity index (χ2v) is 7.50. The summed E-state index contributed by atoms with van der Waals surface area (Å²) in [5, 5.41) is 3.15. The number of nitrogens with one attached hydrogen (secondary N) is 1. The number of rotatable bonds is 6. The second-order valence-electron chi connectivity index (χ2n) is 7.50.